The highest BCUT2D eigenvalue weighted by Crippen LogP contribution is 2.38. The number of aromatic nitrogens is 1. The number of phenolic OH excluding ortho intramolecular Hbond substituents is 1. The van der Waals surface area contributed by atoms with Gasteiger partial charge in [0, 0.05) is 18.2 Å². The second kappa shape index (κ2) is 5.20. The predicted molar refractivity (Wildman–Crippen MR) is 83.0 cm³/mol. The number of pyridine rings is 1. The molecule has 5 heteroatoms. The van der Waals surface area contributed by atoms with Crippen molar-refractivity contribution in [3.05, 3.63) is 48.7 Å². The van der Waals surface area contributed by atoms with Crippen molar-refractivity contribution >= 4 is 11.5 Å². The lowest BCUT2D eigenvalue weighted by Gasteiger charge is -2.14. The van der Waals surface area contributed by atoms with Crippen LogP contribution in [0.1, 0.15) is 0 Å². The Morgan fingerprint density at radius 3 is 2.62 bits per heavy atom. The van der Waals surface area contributed by atoms with E-state index < -0.39 is 0 Å². The van der Waals surface area contributed by atoms with E-state index in [0.717, 1.165) is 5.56 Å². The number of furan rings is 1. The highest BCUT2D eigenvalue weighted by atomic mass is 16.3. The molecule has 0 fully saturated rings. The van der Waals surface area contributed by atoms with Crippen LogP contribution in [0.4, 0.5) is 11.5 Å². The number of aromatic hydroxyl groups is 1. The van der Waals surface area contributed by atoms with Gasteiger partial charge in [-0.15, -0.1) is 0 Å². The molecule has 0 spiro atoms. The third-order valence-electron chi connectivity index (χ3n) is 3.27. The summed E-state index contributed by atoms with van der Waals surface area (Å²) in [6.45, 7) is 0. The number of rotatable bonds is 3. The van der Waals surface area contributed by atoms with Crippen LogP contribution in [0.3, 0.4) is 0 Å². The van der Waals surface area contributed by atoms with Gasteiger partial charge in [0.15, 0.2) is 5.76 Å². The quantitative estimate of drug-likeness (QED) is 0.685. The van der Waals surface area contributed by atoms with E-state index in [1.807, 2.05) is 24.3 Å². The molecule has 0 unspecified atom stereocenters. The summed E-state index contributed by atoms with van der Waals surface area (Å²) in [5.41, 5.74) is 8.78. The van der Waals surface area contributed by atoms with Crippen LogP contribution >= 0.6 is 0 Å². The number of phenols is 1. The van der Waals surface area contributed by atoms with E-state index in [4.69, 9.17) is 10.2 Å². The maximum Gasteiger partial charge on any atom is 0.152 e. The first-order valence-electron chi connectivity index (χ1n) is 6.51. The van der Waals surface area contributed by atoms with Gasteiger partial charge in [0.25, 0.3) is 0 Å². The Labute approximate surface area is 122 Å². The van der Waals surface area contributed by atoms with E-state index in [1.54, 1.807) is 31.5 Å². The Morgan fingerprint density at radius 1 is 1.14 bits per heavy atom. The average Bonchev–Trinajstić information content (AvgIpc) is 3.01. The maximum absolute atomic E-state index is 10.1. The molecule has 0 aliphatic heterocycles. The molecule has 0 amide bonds. The maximum atomic E-state index is 10.1. The van der Waals surface area contributed by atoms with E-state index in [1.165, 1.54) is 0 Å². The van der Waals surface area contributed by atoms with Crippen LogP contribution in [0.2, 0.25) is 0 Å². The molecule has 5 nitrogen and oxygen atoms in total. The van der Waals surface area contributed by atoms with Gasteiger partial charge in [-0.1, -0.05) is 18.2 Å². The van der Waals surface area contributed by atoms with Crippen molar-refractivity contribution in [3.8, 4) is 28.3 Å². The van der Waals surface area contributed by atoms with Crippen LogP contribution in [0.15, 0.2) is 53.1 Å². The first-order valence-corrected chi connectivity index (χ1v) is 6.51. The minimum atomic E-state index is 0.185. The van der Waals surface area contributed by atoms with Gasteiger partial charge in [0.2, 0.25) is 0 Å². The summed E-state index contributed by atoms with van der Waals surface area (Å²) in [7, 11) is 1.77. The van der Waals surface area contributed by atoms with Gasteiger partial charge in [0.05, 0.1) is 12.0 Å². The second-order valence-electron chi connectivity index (χ2n) is 4.56. The van der Waals surface area contributed by atoms with Gasteiger partial charge in [-0.25, -0.2) is 4.98 Å². The topological polar surface area (TPSA) is 84.3 Å². The van der Waals surface area contributed by atoms with Crippen LogP contribution in [-0.4, -0.2) is 17.1 Å². The van der Waals surface area contributed by atoms with Crippen LogP contribution in [-0.2, 0) is 0 Å². The molecule has 4 N–H and O–H groups in total. The third-order valence-corrected chi connectivity index (χ3v) is 3.27. The summed E-state index contributed by atoms with van der Waals surface area (Å²) in [5.74, 6) is 1.16. The molecule has 0 aliphatic carbocycles. The molecule has 3 aromatic rings. The first-order chi connectivity index (χ1) is 10.2. The molecule has 0 atom stereocenters. The van der Waals surface area contributed by atoms with Gasteiger partial charge in [-0.3, -0.25) is 0 Å². The fraction of sp³-hybridized carbons (Fsp3) is 0.0625. The molecule has 0 saturated heterocycles. The Bertz CT molecular complexity index is 767. The zero-order valence-electron chi connectivity index (χ0n) is 11.5. The molecule has 0 radical (unpaired) electrons. The molecular formula is C16H15N3O2. The van der Waals surface area contributed by atoms with Gasteiger partial charge >= 0.3 is 0 Å². The first kappa shape index (κ1) is 13.1. The summed E-state index contributed by atoms with van der Waals surface area (Å²) >= 11 is 0. The fourth-order valence-corrected chi connectivity index (χ4v) is 2.29. The molecule has 106 valence electrons. The number of nitrogens with zero attached hydrogens (tertiary/aromatic N) is 1. The number of benzene rings is 1. The summed E-state index contributed by atoms with van der Waals surface area (Å²) < 4.78 is 5.37. The van der Waals surface area contributed by atoms with Crippen molar-refractivity contribution in [3.63, 3.8) is 0 Å². The summed E-state index contributed by atoms with van der Waals surface area (Å²) in [6, 6.07) is 12.5. The zero-order valence-corrected chi connectivity index (χ0v) is 11.5. The van der Waals surface area contributed by atoms with Crippen molar-refractivity contribution in [2.24, 2.45) is 0 Å². The number of hydrogen-bond acceptors (Lipinski definition) is 5. The Morgan fingerprint density at radius 2 is 1.95 bits per heavy atom. The SMILES string of the molecule is CNc1c(-c2ccccc2O)cc(-c2ccco2)nc1N. The number of nitrogen functional groups attached to an aromatic ring is 1. The van der Waals surface area contributed by atoms with E-state index in [0.29, 0.717) is 28.5 Å². The summed E-state index contributed by atoms with van der Waals surface area (Å²) in [4.78, 5) is 4.34. The minimum Gasteiger partial charge on any atom is -0.507 e. The normalized spacial score (nSPS) is 10.5. The van der Waals surface area contributed by atoms with Crippen LogP contribution in [0.5, 0.6) is 5.75 Å². The number of anilines is 2. The molecule has 0 saturated carbocycles. The second-order valence-corrected chi connectivity index (χ2v) is 4.56. The number of hydrogen-bond donors (Lipinski definition) is 3. The third kappa shape index (κ3) is 2.29. The predicted octanol–water partition coefficient (Wildman–Crippen LogP) is 3.34. The van der Waals surface area contributed by atoms with Gasteiger partial charge < -0.3 is 20.6 Å². The van der Waals surface area contributed by atoms with Gasteiger partial charge in [-0.2, -0.15) is 0 Å². The molecule has 21 heavy (non-hydrogen) atoms. The molecule has 2 aromatic heterocycles. The van der Waals surface area contributed by atoms with Crippen LogP contribution < -0.4 is 11.1 Å². The molecule has 3 rings (SSSR count). The molecule has 1 aromatic carbocycles. The van der Waals surface area contributed by atoms with E-state index in [-0.39, 0.29) is 5.75 Å². The lowest BCUT2D eigenvalue weighted by molar-refractivity contribution is 0.477. The zero-order chi connectivity index (χ0) is 14.8. The Hall–Kier alpha value is -2.95. The number of para-hydroxylation sites is 1. The number of nitrogens with one attached hydrogen (secondary N) is 1. The van der Waals surface area contributed by atoms with Crippen molar-refractivity contribution in [1.82, 2.24) is 4.98 Å². The smallest absolute Gasteiger partial charge is 0.152 e. The monoisotopic (exact) mass is 281 g/mol. The van der Waals surface area contributed by atoms with E-state index >= 15 is 0 Å². The summed E-state index contributed by atoms with van der Waals surface area (Å²) in [6.07, 6.45) is 1.58. The fourth-order valence-electron chi connectivity index (χ4n) is 2.29. The van der Waals surface area contributed by atoms with Crippen molar-refractivity contribution in [2.45, 2.75) is 0 Å². The van der Waals surface area contributed by atoms with E-state index in [9.17, 15) is 5.11 Å². The Kier molecular flexibility index (Phi) is 3.23. The highest BCUT2D eigenvalue weighted by molar-refractivity contribution is 5.89. The van der Waals surface area contributed by atoms with Crippen molar-refractivity contribution in [1.29, 1.82) is 0 Å². The van der Waals surface area contributed by atoms with Gasteiger partial charge in [0.1, 0.15) is 17.3 Å². The lowest BCUT2D eigenvalue weighted by atomic mass is 10.0. The summed E-state index contributed by atoms with van der Waals surface area (Å²) in [5, 5.41) is 13.1. The largest absolute Gasteiger partial charge is 0.507 e. The molecule has 0 bridgehead atoms. The minimum absolute atomic E-state index is 0.185. The van der Waals surface area contributed by atoms with E-state index in [2.05, 4.69) is 10.3 Å². The lowest BCUT2D eigenvalue weighted by Crippen LogP contribution is -2.02. The van der Waals surface area contributed by atoms with Crippen molar-refractivity contribution < 1.29 is 9.52 Å². The standard InChI is InChI=1S/C16H15N3O2/c1-18-15-11(10-5-2-3-6-13(10)20)9-12(19-16(15)17)14-7-4-8-21-14/h2-9,18,20H,1H3,(H2,17,19). The highest BCUT2D eigenvalue weighted by Gasteiger charge is 2.15. The van der Waals surface area contributed by atoms with Gasteiger partial charge in [-0.05, 0) is 24.3 Å². The van der Waals surface area contributed by atoms with Crippen LogP contribution in [0, 0.1) is 0 Å². The molecular weight excluding hydrogens is 266 g/mol. The average molecular weight is 281 g/mol. The molecule has 0 aliphatic rings. The van der Waals surface area contributed by atoms with Crippen LogP contribution in [0.25, 0.3) is 22.6 Å². The molecule has 2 heterocycles. The Balaban J connectivity index is 2.25. The van der Waals surface area contributed by atoms with Crippen molar-refractivity contribution in [2.75, 3.05) is 18.1 Å². The number of nitrogens with two attached hydrogens (primary N) is 1.